The number of aromatic nitrogens is 3. The van der Waals surface area contributed by atoms with Gasteiger partial charge in [-0.2, -0.15) is 5.10 Å². The number of pyridine rings is 1. The molecule has 0 unspecified atom stereocenters. The monoisotopic (exact) mass is 281 g/mol. The van der Waals surface area contributed by atoms with Crippen LogP contribution in [0.4, 0.5) is 0 Å². The first-order valence-electron chi connectivity index (χ1n) is 4.92. The molecule has 2 rings (SSSR count). The fraction of sp³-hybridized carbons (Fsp3) is 0.273. The maximum atomic E-state index is 9.25. The summed E-state index contributed by atoms with van der Waals surface area (Å²) in [6.45, 7) is 3.84. The van der Waals surface area contributed by atoms with Crippen molar-refractivity contribution in [2.24, 2.45) is 0 Å². The molecule has 0 saturated heterocycles. The summed E-state index contributed by atoms with van der Waals surface area (Å²) in [7, 11) is 0. The van der Waals surface area contributed by atoms with Gasteiger partial charge in [0.25, 0.3) is 0 Å². The van der Waals surface area contributed by atoms with Crippen molar-refractivity contribution in [2.45, 2.75) is 20.5 Å². The van der Waals surface area contributed by atoms with Crippen molar-refractivity contribution in [3.63, 3.8) is 0 Å². The molecule has 4 nitrogen and oxygen atoms in total. The average Bonchev–Trinajstić information content (AvgIpc) is 2.57. The van der Waals surface area contributed by atoms with Crippen LogP contribution in [0.5, 0.6) is 0 Å². The third-order valence-electron chi connectivity index (χ3n) is 2.44. The van der Waals surface area contributed by atoms with Gasteiger partial charge in [-0.1, -0.05) is 6.07 Å². The molecule has 0 spiro atoms. The summed E-state index contributed by atoms with van der Waals surface area (Å²) in [5, 5.41) is 13.6. The van der Waals surface area contributed by atoms with E-state index in [9.17, 15) is 5.11 Å². The molecule has 0 aliphatic carbocycles. The molecule has 0 fully saturated rings. The van der Waals surface area contributed by atoms with Gasteiger partial charge in [-0.3, -0.25) is 0 Å². The Morgan fingerprint density at radius 2 is 2.19 bits per heavy atom. The zero-order valence-corrected chi connectivity index (χ0v) is 10.7. The quantitative estimate of drug-likeness (QED) is 0.918. The van der Waals surface area contributed by atoms with Crippen LogP contribution in [0.2, 0.25) is 0 Å². The van der Waals surface area contributed by atoms with Crippen LogP contribution in [-0.2, 0) is 6.61 Å². The predicted octanol–water partition coefficient (Wildman–Crippen LogP) is 2.14. The van der Waals surface area contributed by atoms with Crippen molar-refractivity contribution in [1.29, 1.82) is 0 Å². The van der Waals surface area contributed by atoms with E-state index < -0.39 is 0 Å². The maximum Gasteiger partial charge on any atom is 0.159 e. The molecule has 16 heavy (non-hydrogen) atoms. The van der Waals surface area contributed by atoms with E-state index in [0.29, 0.717) is 5.82 Å². The molecular formula is C11H12BrN3O. The number of nitrogens with zero attached hydrogens (tertiary/aromatic N) is 3. The van der Waals surface area contributed by atoms with Gasteiger partial charge in [0.1, 0.15) is 0 Å². The minimum atomic E-state index is -0.0425. The van der Waals surface area contributed by atoms with Crippen molar-refractivity contribution < 1.29 is 5.11 Å². The van der Waals surface area contributed by atoms with Gasteiger partial charge in [0.15, 0.2) is 5.82 Å². The molecule has 2 heterocycles. The predicted molar refractivity (Wildman–Crippen MR) is 64.5 cm³/mol. The molecule has 5 heteroatoms. The van der Waals surface area contributed by atoms with E-state index in [1.54, 1.807) is 16.9 Å². The summed E-state index contributed by atoms with van der Waals surface area (Å²) >= 11 is 3.47. The van der Waals surface area contributed by atoms with Crippen LogP contribution in [0.3, 0.4) is 0 Å². The van der Waals surface area contributed by atoms with Gasteiger partial charge in [0.2, 0.25) is 0 Å². The van der Waals surface area contributed by atoms with E-state index >= 15 is 0 Å². The minimum Gasteiger partial charge on any atom is -0.392 e. The first kappa shape index (κ1) is 11.3. The molecule has 0 amide bonds. The van der Waals surface area contributed by atoms with Gasteiger partial charge in [-0.25, -0.2) is 9.67 Å². The Hall–Kier alpha value is -1.20. The van der Waals surface area contributed by atoms with Crippen LogP contribution in [0, 0.1) is 13.8 Å². The summed E-state index contributed by atoms with van der Waals surface area (Å²) in [5.74, 6) is 0.677. The van der Waals surface area contributed by atoms with Crippen LogP contribution < -0.4 is 0 Å². The first-order valence-corrected chi connectivity index (χ1v) is 5.71. The number of aliphatic hydroxyl groups excluding tert-OH is 1. The Kier molecular flexibility index (Phi) is 3.07. The van der Waals surface area contributed by atoms with E-state index in [1.807, 2.05) is 19.9 Å². The minimum absolute atomic E-state index is 0.0425. The van der Waals surface area contributed by atoms with Crippen molar-refractivity contribution in [2.75, 3.05) is 0 Å². The lowest BCUT2D eigenvalue weighted by atomic mass is 10.2. The van der Waals surface area contributed by atoms with Crippen molar-refractivity contribution >= 4 is 15.9 Å². The molecule has 0 atom stereocenters. The molecule has 2 aromatic heterocycles. The van der Waals surface area contributed by atoms with E-state index in [-0.39, 0.29) is 6.61 Å². The Morgan fingerprint density at radius 1 is 1.44 bits per heavy atom. The molecule has 0 aromatic carbocycles. The number of aryl methyl sites for hydroxylation is 1. The van der Waals surface area contributed by atoms with Gasteiger partial charge in [0, 0.05) is 11.8 Å². The third-order valence-corrected chi connectivity index (χ3v) is 3.59. The van der Waals surface area contributed by atoms with Crippen LogP contribution in [-0.4, -0.2) is 19.9 Å². The lowest BCUT2D eigenvalue weighted by Gasteiger charge is -2.07. The second-order valence-electron chi connectivity index (χ2n) is 3.54. The average molecular weight is 282 g/mol. The number of hydrogen-bond donors (Lipinski definition) is 1. The molecule has 84 valence electrons. The van der Waals surface area contributed by atoms with Crippen molar-refractivity contribution in [3.05, 3.63) is 39.8 Å². The highest BCUT2D eigenvalue weighted by Gasteiger charge is 2.13. The Bertz CT molecular complexity index is 522. The van der Waals surface area contributed by atoms with Gasteiger partial charge in [-0.05, 0) is 35.8 Å². The Morgan fingerprint density at radius 3 is 2.75 bits per heavy atom. The molecular weight excluding hydrogens is 270 g/mol. The SMILES string of the molecule is Cc1nn(-c2ncccc2CO)c(C)c1Br. The second kappa shape index (κ2) is 4.35. The van der Waals surface area contributed by atoms with E-state index in [1.165, 1.54) is 0 Å². The summed E-state index contributed by atoms with van der Waals surface area (Å²) in [5.41, 5.74) is 2.65. The second-order valence-corrected chi connectivity index (χ2v) is 4.33. The number of hydrogen-bond acceptors (Lipinski definition) is 3. The van der Waals surface area contributed by atoms with E-state index in [0.717, 1.165) is 21.4 Å². The molecule has 0 saturated carbocycles. The van der Waals surface area contributed by atoms with Crippen LogP contribution >= 0.6 is 15.9 Å². The van der Waals surface area contributed by atoms with Crippen molar-refractivity contribution in [1.82, 2.24) is 14.8 Å². The van der Waals surface area contributed by atoms with Gasteiger partial charge >= 0.3 is 0 Å². The highest BCUT2D eigenvalue weighted by molar-refractivity contribution is 9.10. The van der Waals surface area contributed by atoms with Gasteiger partial charge in [-0.15, -0.1) is 0 Å². The first-order chi connectivity index (χ1) is 7.65. The summed E-state index contributed by atoms with van der Waals surface area (Å²) < 4.78 is 2.72. The normalized spacial score (nSPS) is 10.8. The maximum absolute atomic E-state index is 9.25. The number of aliphatic hydroxyl groups is 1. The molecule has 0 aliphatic rings. The summed E-state index contributed by atoms with van der Waals surface area (Å²) in [6.07, 6.45) is 1.69. The largest absolute Gasteiger partial charge is 0.392 e. The van der Waals surface area contributed by atoms with Crippen LogP contribution in [0.15, 0.2) is 22.8 Å². The molecule has 1 N–H and O–H groups in total. The topological polar surface area (TPSA) is 50.9 Å². The lowest BCUT2D eigenvalue weighted by molar-refractivity contribution is 0.280. The third kappa shape index (κ3) is 1.76. The summed E-state index contributed by atoms with van der Waals surface area (Å²) in [6, 6.07) is 3.64. The molecule has 0 radical (unpaired) electrons. The highest BCUT2D eigenvalue weighted by atomic mass is 79.9. The summed E-state index contributed by atoms with van der Waals surface area (Å²) in [4.78, 5) is 4.25. The van der Waals surface area contributed by atoms with Gasteiger partial charge < -0.3 is 5.11 Å². The fourth-order valence-electron chi connectivity index (χ4n) is 1.57. The van der Waals surface area contributed by atoms with Crippen LogP contribution in [0.25, 0.3) is 5.82 Å². The fourth-order valence-corrected chi connectivity index (χ4v) is 1.82. The standard InChI is InChI=1S/C11H12BrN3O/c1-7-10(12)8(2)15(14-7)11-9(6-16)4-3-5-13-11/h3-5,16H,6H2,1-2H3. The molecule has 0 bridgehead atoms. The van der Waals surface area contributed by atoms with E-state index in [4.69, 9.17) is 0 Å². The molecule has 0 aliphatic heterocycles. The Labute approximate surface area is 102 Å². The zero-order valence-electron chi connectivity index (χ0n) is 9.11. The number of halogens is 1. The Balaban J connectivity index is 2.63. The van der Waals surface area contributed by atoms with Crippen molar-refractivity contribution in [3.8, 4) is 5.82 Å². The van der Waals surface area contributed by atoms with Gasteiger partial charge in [0.05, 0.1) is 22.5 Å². The van der Waals surface area contributed by atoms with Crippen LogP contribution in [0.1, 0.15) is 17.0 Å². The highest BCUT2D eigenvalue weighted by Crippen LogP contribution is 2.23. The number of rotatable bonds is 2. The smallest absolute Gasteiger partial charge is 0.159 e. The van der Waals surface area contributed by atoms with E-state index in [2.05, 4.69) is 26.0 Å². The molecule has 2 aromatic rings. The lowest BCUT2D eigenvalue weighted by Crippen LogP contribution is -2.05. The zero-order chi connectivity index (χ0) is 11.7.